The van der Waals surface area contributed by atoms with Crippen molar-refractivity contribution in [2.45, 2.75) is 0 Å². The molecule has 0 saturated carbocycles. The Hall–Kier alpha value is -2.40. The maximum Gasteiger partial charge on any atom is 0.257 e. The molecule has 0 unspecified atom stereocenters. The van der Waals surface area contributed by atoms with Crippen molar-refractivity contribution >= 4 is 84.3 Å². The number of nitrogens with zero attached hydrogens (tertiary/aromatic N) is 3. The molecule has 4 aromatic rings. The van der Waals surface area contributed by atoms with Gasteiger partial charge in [0.15, 0.2) is 10.2 Å². The molecule has 0 fully saturated rings. The molecular formula is C16H10ClN5O2S3. The third kappa shape index (κ3) is 3.69. The standard InChI is InChI=1S/C16H10ClN5O2S3/c1-24-12-6-13-11(5-8(12)17)18-16(26-13)20-15(25)19-14(23)7-2-3-9-10(4-7)22-27-21-9/h2-6H,1H3,(H2,18,19,20,23,25). The number of carbonyl (C=O) groups is 1. The lowest BCUT2D eigenvalue weighted by molar-refractivity contribution is 0.0978. The Morgan fingerprint density at radius 2 is 2.00 bits per heavy atom. The second-order valence-corrected chi connectivity index (χ2v) is 7.72. The molecular weight excluding hydrogens is 426 g/mol. The van der Waals surface area contributed by atoms with E-state index in [0.717, 1.165) is 21.9 Å². The van der Waals surface area contributed by atoms with Gasteiger partial charge in [0, 0.05) is 11.6 Å². The number of hydrogen-bond acceptors (Lipinski definition) is 8. The summed E-state index contributed by atoms with van der Waals surface area (Å²) in [4.78, 5) is 16.8. The van der Waals surface area contributed by atoms with Crippen LogP contribution < -0.4 is 15.4 Å². The van der Waals surface area contributed by atoms with Crippen LogP contribution in [0.5, 0.6) is 5.75 Å². The van der Waals surface area contributed by atoms with Crippen molar-refractivity contribution in [1.82, 2.24) is 19.0 Å². The van der Waals surface area contributed by atoms with Gasteiger partial charge in [0.05, 0.1) is 34.1 Å². The first-order chi connectivity index (χ1) is 13.0. The highest BCUT2D eigenvalue weighted by Gasteiger charge is 2.13. The van der Waals surface area contributed by atoms with Crippen molar-refractivity contribution in [3.63, 3.8) is 0 Å². The van der Waals surface area contributed by atoms with Crippen LogP contribution >= 0.6 is 46.9 Å². The predicted octanol–water partition coefficient (Wildman–Crippen LogP) is 4.09. The van der Waals surface area contributed by atoms with Gasteiger partial charge in [0.1, 0.15) is 16.8 Å². The lowest BCUT2D eigenvalue weighted by atomic mass is 10.2. The van der Waals surface area contributed by atoms with Crippen LogP contribution in [0, 0.1) is 0 Å². The van der Waals surface area contributed by atoms with Gasteiger partial charge in [-0.25, -0.2) is 4.98 Å². The van der Waals surface area contributed by atoms with E-state index >= 15 is 0 Å². The Morgan fingerprint density at radius 3 is 2.81 bits per heavy atom. The third-order valence-electron chi connectivity index (χ3n) is 3.63. The first-order valence-corrected chi connectivity index (χ1v) is 9.85. The fourth-order valence-electron chi connectivity index (χ4n) is 2.37. The number of anilines is 1. The molecule has 0 saturated heterocycles. The van der Waals surface area contributed by atoms with Crippen molar-refractivity contribution < 1.29 is 9.53 Å². The largest absolute Gasteiger partial charge is 0.495 e. The van der Waals surface area contributed by atoms with Crippen molar-refractivity contribution in [3.8, 4) is 5.75 Å². The first-order valence-electron chi connectivity index (χ1n) is 7.52. The number of fused-ring (bicyclic) bond motifs is 2. The zero-order valence-electron chi connectivity index (χ0n) is 13.6. The number of halogens is 1. The molecule has 0 atom stereocenters. The van der Waals surface area contributed by atoms with Gasteiger partial charge in [0.2, 0.25) is 0 Å². The van der Waals surface area contributed by atoms with Crippen molar-refractivity contribution in [2.75, 3.05) is 12.4 Å². The summed E-state index contributed by atoms with van der Waals surface area (Å²) < 4.78 is 14.3. The van der Waals surface area contributed by atoms with E-state index in [1.807, 2.05) is 0 Å². The van der Waals surface area contributed by atoms with Crippen LogP contribution in [-0.4, -0.2) is 31.9 Å². The summed E-state index contributed by atoms with van der Waals surface area (Å²) in [6.45, 7) is 0. The molecule has 4 rings (SSSR count). The van der Waals surface area contributed by atoms with Gasteiger partial charge >= 0.3 is 0 Å². The van der Waals surface area contributed by atoms with Crippen LogP contribution in [0.2, 0.25) is 5.02 Å². The van der Waals surface area contributed by atoms with Crippen LogP contribution in [-0.2, 0) is 0 Å². The SMILES string of the molecule is COc1cc2sc(NC(=S)NC(=O)c3ccc4nsnc4c3)nc2cc1Cl. The van der Waals surface area contributed by atoms with Crippen molar-refractivity contribution in [3.05, 3.63) is 40.9 Å². The Bertz CT molecular complexity index is 1190. The third-order valence-corrected chi connectivity index (χ3v) is 5.62. The molecule has 2 N–H and O–H groups in total. The second-order valence-electron chi connectivity index (χ2n) is 5.35. The Kier molecular flexibility index (Phi) is 4.87. The Labute approximate surface area is 171 Å². The zero-order chi connectivity index (χ0) is 19.0. The number of aromatic nitrogens is 3. The number of thiazole rings is 1. The number of methoxy groups -OCH3 is 1. The molecule has 0 aliphatic rings. The fraction of sp³-hybridized carbons (Fsp3) is 0.0625. The molecule has 136 valence electrons. The topological polar surface area (TPSA) is 89.0 Å². The molecule has 1 amide bonds. The van der Waals surface area contributed by atoms with Crippen LogP contribution in [0.15, 0.2) is 30.3 Å². The number of carbonyl (C=O) groups excluding carboxylic acids is 1. The van der Waals surface area contributed by atoms with E-state index in [2.05, 4.69) is 24.4 Å². The number of amides is 1. The van der Waals surface area contributed by atoms with E-state index in [0.29, 0.717) is 32.5 Å². The monoisotopic (exact) mass is 435 g/mol. The highest BCUT2D eigenvalue weighted by atomic mass is 35.5. The number of nitrogens with one attached hydrogen (secondary N) is 2. The average Bonchev–Trinajstić information content (AvgIpc) is 3.25. The lowest BCUT2D eigenvalue weighted by Crippen LogP contribution is -2.34. The summed E-state index contributed by atoms with van der Waals surface area (Å²) >= 11 is 13.8. The van der Waals surface area contributed by atoms with E-state index in [1.54, 1.807) is 37.4 Å². The fourth-order valence-corrected chi connectivity index (χ4v) is 4.25. The van der Waals surface area contributed by atoms with Crippen molar-refractivity contribution in [2.24, 2.45) is 0 Å². The summed E-state index contributed by atoms with van der Waals surface area (Å²) in [5.74, 6) is 0.232. The number of thiocarbonyl (C=S) groups is 1. The minimum absolute atomic E-state index is 0.147. The molecule has 0 radical (unpaired) electrons. The molecule has 2 heterocycles. The van der Waals surface area contributed by atoms with E-state index in [4.69, 9.17) is 28.6 Å². The maximum absolute atomic E-state index is 12.4. The maximum atomic E-state index is 12.4. The van der Waals surface area contributed by atoms with E-state index in [1.165, 1.54) is 11.3 Å². The van der Waals surface area contributed by atoms with Gasteiger partial charge in [0.25, 0.3) is 5.91 Å². The highest BCUT2D eigenvalue weighted by Crippen LogP contribution is 2.34. The summed E-state index contributed by atoms with van der Waals surface area (Å²) in [7, 11) is 1.55. The summed E-state index contributed by atoms with van der Waals surface area (Å²) in [6, 6.07) is 8.61. The molecule has 11 heteroatoms. The average molecular weight is 436 g/mol. The molecule has 0 aliphatic heterocycles. The lowest BCUT2D eigenvalue weighted by Gasteiger charge is -2.06. The van der Waals surface area contributed by atoms with Gasteiger partial charge in [-0.15, -0.1) is 0 Å². The predicted molar refractivity (Wildman–Crippen MR) is 112 cm³/mol. The minimum Gasteiger partial charge on any atom is -0.495 e. The van der Waals surface area contributed by atoms with E-state index < -0.39 is 0 Å². The number of hydrogen-bond donors (Lipinski definition) is 2. The second kappa shape index (κ2) is 7.31. The summed E-state index contributed by atoms with van der Waals surface area (Å²) in [5, 5.41) is 6.71. The van der Waals surface area contributed by atoms with Gasteiger partial charge in [-0.05, 0) is 36.5 Å². The number of rotatable bonds is 3. The Morgan fingerprint density at radius 1 is 1.19 bits per heavy atom. The zero-order valence-corrected chi connectivity index (χ0v) is 16.9. The Balaban J connectivity index is 1.48. The summed E-state index contributed by atoms with van der Waals surface area (Å²) in [6.07, 6.45) is 0. The van der Waals surface area contributed by atoms with Gasteiger partial charge in [-0.3, -0.25) is 10.1 Å². The molecule has 0 aliphatic carbocycles. The van der Waals surface area contributed by atoms with Crippen LogP contribution in [0.25, 0.3) is 21.3 Å². The van der Waals surface area contributed by atoms with Crippen LogP contribution in [0.4, 0.5) is 5.13 Å². The van der Waals surface area contributed by atoms with Gasteiger partial charge in [-0.1, -0.05) is 22.9 Å². The summed E-state index contributed by atoms with van der Waals surface area (Å²) in [5.41, 5.74) is 2.58. The molecule has 0 bridgehead atoms. The molecule has 2 aromatic carbocycles. The highest BCUT2D eigenvalue weighted by molar-refractivity contribution is 7.80. The molecule has 2 aromatic heterocycles. The van der Waals surface area contributed by atoms with E-state index in [-0.39, 0.29) is 11.0 Å². The molecule has 27 heavy (non-hydrogen) atoms. The number of benzene rings is 2. The number of ether oxygens (including phenoxy) is 1. The van der Waals surface area contributed by atoms with Crippen molar-refractivity contribution in [1.29, 1.82) is 0 Å². The van der Waals surface area contributed by atoms with Crippen LogP contribution in [0.1, 0.15) is 10.4 Å². The smallest absolute Gasteiger partial charge is 0.257 e. The minimum atomic E-state index is -0.340. The molecule has 7 nitrogen and oxygen atoms in total. The first kappa shape index (κ1) is 18.0. The van der Waals surface area contributed by atoms with Gasteiger partial charge < -0.3 is 10.1 Å². The normalized spacial score (nSPS) is 10.9. The van der Waals surface area contributed by atoms with E-state index in [9.17, 15) is 4.79 Å². The van der Waals surface area contributed by atoms with Gasteiger partial charge in [-0.2, -0.15) is 8.75 Å². The quantitative estimate of drug-likeness (QED) is 0.468. The molecule has 0 spiro atoms. The van der Waals surface area contributed by atoms with Crippen LogP contribution in [0.3, 0.4) is 0 Å².